The van der Waals surface area contributed by atoms with Gasteiger partial charge >= 0.3 is 0 Å². The van der Waals surface area contributed by atoms with Crippen LogP contribution in [0.25, 0.3) is 0 Å². The standard InChI is InChI=1S/C24H31ClN2O5S/c1-3-31-22-11-8-18(16-23(22)32-4-2)12-13-26-24(28)20-17-19(9-10-21(20)25)33(29,30)27-14-6-5-7-15-27/h8-11,16-17H,3-7,12-15H2,1-2H3,(H,26,28). The second-order valence-corrected chi connectivity index (χ2v) is 10.1. The summed E-state index contributed by atoms with van der Waals surface area (Å²) in [7, 11) is -3.65. The van der Waals surface area contributed by atoms with Crippen LogP contribution in [0.15, 0.2) is 41.3 Å². The molecule has 3 rings (SSSR count). The number of carbonyl (C=O) groups excluding carboxylic acids is 1. The van der Waals surface area contributed by atoms with Crippen molar-refractivity contribution in [3.8, 4) is 11.5 Å². The first-order valence-corrected chi connectivity index (χ1v) is 13.1. The number of amides is 1. The molecule has 1 saturated heterocycles. The second kappa shape index (κ2) is 11.7. The molecular formula is C24H31ClN2O5S. The van der Waals surface area contributed by atoms with Crippen LogP contribution in [0.2, 0.25) is 5.02 Å². The minimum atomic E-state index is -3.65. The van der Waals surface area contributed by atoms with Crippen molar-refractivity contribution in [2.75, 3.05) is 32.8 Å². The van der Waals surface area contributed by atoms with Crippen molar-refractivity contribution in [1.82, 2.24) is 9.62 Å². The molecule has 0 bridgehead atoms. The highest BCUT2D eigenvalue weighted by molar-refractivity contribution is 7.89. The molecule has 180 valence electrons. The van der Waals surface area contributed by atoms with Gasteiger partial charge in [-0.15, -0.1) is 0 Å². The maximum Gasteiger partial charge on any atom is 0.252 e. The Morgan fingerprint density at radius 2 is 1.70 bits per heavy atom. The van der Waals surface area contributed by atoms with E-state index in [-0.39, 0.29) is 15.5 Å². The van der Waals surface area contributed by atoms with Gasteiger partial charge in [0.15, 0.2) is 11.5 Å². The number of rotatable bonds is 10. The molecule has 1 aliphatic heterocycles. The van der Waals surface area contributed by atoms with Gasteiger partial charge < -0.3 is 14.8 Å². The third kappa shape index (κ3) is 6.40. The van der Waals surface area contributed by atoms with E-state index in [0.29, 0.717) is 50.8 Å². The fourth-order valence-corrected chi connectivity index (χ4v) is 5.51. The van der Waals surface area contributed by atoms with Crippen molar-refractivity contribution in [1.29, 1.82) is 0 Å². The molecule has 1 N–H and O–H groups in total. The third-order valence-corrected chi connectivity index (χ3v) is 7.67. The van der Waals surface area contributed by atoms with Crippen LogP contribution in [0, 0.1) is 0 Å². The minimum Gasteiger partial charge on any atom is -0.490 e. The predicted molar refractivity (Wildman–Crippen MR) is 129 cm³/mol. The average molecular weight is 495 g/mol. The Labute approximate surface area is 201 Å². The fraction of sp³-hybridized carbons (Fsp3) is 0.458. The number of benzene rings is 2. The van der Waals surface area contributed by atoms with Gasteiger partial charge in [-0.1, -0.05) is 24.1 Å². The summed E-state index contributed by atoms with van der Waals surface area (Å²) in [5, 5.41) is 3.05. The molecule has 0 aromatic heterocycles. The maximum absolute atomic E-state index is 13.0. The first-order chi connectivity index (χ1) is 15.9. The zero-order chi connectivity index (χ0) is 23.8. The lowest BCUT2D eigenvalue weighted by molar-refractivity contribution is 0.0954. The van der Waals surface area contributed by atoms with Gasteiger partial charge in [0.25, 0.3) is 5.91 Å². The Kier molecular flexibility index (Phi) is 9.00. The van der Waals surface area contributed by atoms with Crippen molar-refractivity contribution in [2.24, 2.45) is 0 Å². The molecule has 1 fully saturated rings. The van der Waals surface area contributed by atoms with E-state index in [0.717, 1.165) is 24.8 Å². The smallest absolute Gasteiger partial charge is 0.252 e. The lowest BCUT2D eigenvalue weighted by Gasteiger charge is -2.26. The van der Waals surface area contributed by atoms with Crippen LogP contribution in [-0.4, -0.2) is 51.5 Å². The molecule has 2 aromatic rings. The van der Waals surface area contributed by atoms with Crippen LogP contribution >= 0.6 is 11.6 Å². The average Bonchev–Trinajstić information content (AvgIpc) is 2.81. The molecule has 9 heteroatoms. The number of hydrogen-bond acceptors (Lipinski definition) is 5. The molecule has 7 nitrogen and oxygen atoms in total. The van der Waals surface area contributed by atoms with E-state index < -0.39 is 15.9 Å². The highest BCUT2D eigenvalue weighted by Gasteiger charge is 2.27. The molecule has 0 unspecified atom stereocenters. The number of nitrogens with zero attached hydrogens (tertiary/aromatic N) is 1. The quantitative estimate of drug-likeness (QED) is 0.532. The van der Waals surface area contributed by atoms with Crippen LogP contribution < -0.4 is 14.8 Å². The lowest BCUT2D eigenvalue weighted by atomic mass is 10.1. The van der Waals surface area contributed by atoms with E-state index >= 15 is 0 Å². The summed E-state index contributed by atoms with van der Waals surface area (Å²) < 4.78 is 38.6. The van der Waals surface area contributed by atoms with E-state index in [4.69, 9.17) is 21.1 Å². The van der Waals surface area contributed by atoms with E-state index in [9.17, 15) is 13.2 Å². The Hall–Kier alpha value is -2.29. The molecule has 33 heavy (non-hydrogen) atoms. The Morgan fingerprint density at radius 1 is 1.00 bits per heavy atom. The van der Waals surface area contributed by atoms with Crippen LogP contribution in [-0.2, 0) is 16.4 Å². The van der Waals surface area contributed by atoms with Crippen molar-refractivity contribution < 1.29 is 22.7 Å². The molecule has 1 amide bonds. The van der Waals surface area contributed by atoms with E-state index in [2.05, 4.69) is 5.32 Å². The molecular weight excluding hydrogens is 464 g/mol. The van der Waals surface area contributed by atoms with Crippen LogP contribution in [0.1, 0.15) is 49.0 Å². The highest BCUT2D eigenvalue weighted by atomic mass is 35.5. The molecule has 1 aliphatic rings. The Balaban J connectivity index is 1.67. The van der Waals surface area contributed by atoms with Gasteiger partial charge in [0.05, 0.1) is 28.7 Å². The summed E-state index contributed by atoms with van der Waals surface area (Å²) in [4.78, 5) is 12.9. The summed E-state index contributed by atoms with van der Waals surface area (Å²) in [6.07, 6.45) is 3.29. The van der Waals surface area contributed by atoms with Crippen LogP contribution in [0.5, 0.6) is 11.5 Å². The normalized spacial score (nSPS) is 14.6. The Morgan fingerprint density at radius 3 is 2.39 bits per heavy atom. The number of piperidine rings is 1. The zero-order valence-corrected chi connectivity index (χ0v) is 20.7. The third-order valence-electron chi connectivity index (χ3n) is 5.44. The van der Waals surface area contributed by atoms with Crippen molar-refractivity contribution >= 4 is 27.5 Å². The number of ether oxygens (including phenoxy) is 2. The van der Waals surface area contributed by atoms with Gasteiger partial charge in [0.1, 0.15) is 0 Å². The molecule has 0 spiro atoms. The molecule has 0 radical (unpaired) electrons. The van der Waals surface area contributed by atoms with Crippen molar-refractivity contribution in [3.05, 3.63) is 52.5 Å². The summed E-state index contributed by atoms with van der Waals surface area (Å²) in [5.74, 6) is 0.944. The zero-order valence-electron chi connectivity index (χ0n) is 19.1. The van der Waals surface area contributed by atoms with Crippen molar-refractivity contribution in [3.63, 3.8) is 0 Å². The number of nitrogens with one attached hydrogen (secondary N) is 1. The lowest BCUT2D eigenvalue weighted by Crippen LogP contribution is -2.35. The van der Waals surface area contributed by atoms with Gasteiger partial charge in [0, 0.05) is 19.6 Å². The number of carbonyl (C=O) groups is 1. The number of sulfonamides is 1. The molecule has 1 heterocycles. The van der Waals surface area contributed by atoms with Crippen LogP contribution in [0.4, 0.5) is 0 Å². The first kappa shape index (κ1) is 25.3. The summed E-state index contributed by atoms with van der Waals surface area (Å²) >= 11 is 6.23. The van der Waals surface area contributed by atoms with Crippen molar-refractivity contribution in [2.45, 2.75) is 44.4 Å². The minimum absolute atomic E-state index is 0.0896. The van der Waals surface area contributed by atoms with Gasteiger partial charge in [-0.25, -0.2) is 8.42 Å². The second-order valence-electron chi connectivity index (χ2n) is 7.76. The summed E-state index contributed by atoms with van der Waals surface area (Å²) in [6.45, 7) is 6.25. The monoisotopic (exact) mass is 494 g/mol. The van der Waals surface area contributed by atoms with E-state index in [1.165, 1.54) is 22.5 Å². The fourth-order valence-electron chi connectivity index (χ4n) is 3.76. The van der Waals surface area contributed by atoms with Crippen LogP contribution in [0.3, 0.4) is 0 Å². The molecule has 2 aromatic carbocycles. The Bertz CT molecular complexity index is 1070. The molecule has 0 saturated carbocycles. The first-order valence-electron chi connectivity index (χ1n) is 11.3. The van der Waals surface area contributed by atoms with Gasteiger partial charge in [0.2, 0.25) is 10.0 Å². The SMILES string of the molecule is CCOc1ccc(CCNC(=O)c2cc(S(=O)(=O)N3CCCCC3)ccc2Cl)cc1OCC. The predicted octanol–water partition coefficient (Wildman–Crippen LogP) is 4.28. The number of halogens is 1. The molecule has 0 aliphatic carbocycles. The summed E-state index contributed by atoms with van der Waals surface area (Å²) in [5.41, 5.74) is 1.13. The molecule has 0 atom stereocenters. The highest BCUT2D eigenvalue weighted by Crippen LogP contribution is 2.29. The van der Waals surface area contributed by atoms with E-state index in [1.807, 2.05) is 32.0 Å². The number of hydrogen-bond donors (Lipinski definition) is 1. The van der Waals surface area contributed by atoms with Gasteiger partial charge in [-0.2, -0.15) is 4.31 Å². The van der Waals surface area contributed by atoms with E-state index in [1.54, 1.807) is 0 Å². The topological polar surface area (TPSA) is 84.9 Å². The summed E-state index contributed by atoms with van der Waals surface area (Å²) in [6, 6.07) is 9.98. The largest absolute Gasteiger partial charge is 0.490 e. The maximum atomic E-state index is 13.0. The van der Waals surface area contributed by atoms with Gasteiger partial charge in [-0.3, -0.25) is 4.79 Å². The van der Waals surface area contributed by atoms with Gasteiger partial charge in [-0.05, 0) is 69.0 Å².